The molecule has 0 spiro atoms. The fraction of sp³-hybridized carbons (Fsp3) is 0.333. The lowest BCUT2D eigenvalue weighted by Crippen LogP contribution is -2.01. The molecule has 74 valence electrons. The molecule has 2 nitrogen and oxygen atoms in total. The van der Waals surface area contributed by atoms with Crippen molar-refractivity contribution in [2.45, 2.75) is 26.3 Å². The number of aromatic nitrogens is 1. The van der Waals surface area contributed by atoms with Gasteiger partial charge in [0.15, 0.2) is 0 Å². The quantitative estimate of drug-likeness (QED) is 0.721. The summed E-state index contributed by atoms with van der Waals surface area (Å²) in [4.78, 5) is 0. The first-order valence-corrected chi connectivity index (χ1v) is 5.09. The summed E-state index contributed by atoms with van der Waals surface area (Å²) in [5.74, 6) is 0. The predicted molar refractivity (Wildman–Crippen MR) is 61.4 cm³/mol. The highest BCUT2D eigenvalue weighted by molar-refractivity contribution is 5.91. The van der Waals surface area contributed by atoms with Gasteiger partial charge in [-0.1, -0.05) is 13.0 Å². The second-order valence-corrected chi connectivity index (χ2v) is 3.76. The smallest absolute Gasteiger partial charge is 0.0503 e. The number of nitrogens with zero attached hydrogens (tertiary/aromatic N) is 1. The Kier molecular flexibility index (Phi) is 2.20. The first kappa shape index (κ1) is 9.13. The second kappa shape index (κ2) is 3.37. The third-order valence-electron chi connectivity index (χ3n) is 2.86. The van der Waals surface area contributed by atoms with Crippen LogP contribution in [-0.2, 0) is 0 Å². The van der Waals surface area contributed by atoms with Gasteiger partial charge in [-0.25, -0.2) is 0 Å². The van der Waals surface area contributed by atoms with Gasteiger partial charge in [-0.3, -0.25) is 0 Å². The first-order chi connectivity index (χ1) is 6.74. The van der Waals surface area contributed by atoms with Crippen molar-refractivity contribution in [2.75, 3.05) is 5.73 Å². The Morgan fingerprint density at radius 2 is 2.14 bits per heavy atom. The van der Waals surface area contributed by atoms with Crippen LogP contribution in [0.5, 0.6) is 0 Å². The summed E-state index contributed by atoms with van der Waals surface area (Å²) >= 11 is 0. The minimum atomic E-state index is 0.536. The maximum absolute atomic E-state index is 5.90. The van der Waals surface area contributed by atoms with Crippen LogP contribution in [0.25, 0.3) is 10.9 Å². The van der Waals surface area contributed by atoms with E-state index in [1.807, 2.05) is 12.1 Å². The van der Waals surface area contributed by atoms with Crippen molar-refractivity contribution in [1.29, 1.82) is 0 Å². The molecule has 14 heavy (non-hydrogen) atoms. The Hall–Kier alpha value is -1.44. The van der Waals surface area contributed by atoms with E-state index in [0.717, 1.165) is 17.5 Å². The lowest BCUT2D eigenvalue weighted by atomic mass is 10.2. The normalized spacial score (nSPS) is 13.3. The maximum atomic E-state index is 5.90. The van der Waals surface area contributed by atoms with E-state index in [2.05, 4.69) is 36.7 Å². The summed E-state index contributed by atoms with van der Waals surface area (Å²) in [5.41, 5.74) is 8.00. The number of hydrogen-bond acceptors (Lipinski definition) is 1. The monoisotopic (exact) mass is 188 g/mol. The minimum absolute atomic E-state index is 0.536. The molecule has 0 aliphatic rings. The highest BCUT2D eigenvalue weighted by atomic mass is 15.0. The van der Waals surface area contributed by atoms with Crippen molar-refractivity contribution >= 4 is 16.6 Å². The molecule has 1 aromatic carbocycles. The van der Waals surface area contributed by atoms with E-state index in [4.69, 9.17) is 5.73 Å². The zero-order valence-corrected chi connectivity index (χ0v) is 8.70. The summed E-state index contributed by atoms with van der Waals surface area (Å²) in [5, 5.41) is 1.16. The summed E-state index contributed by atoms with van der Waals surface area (Å²) < 4.78 is 2.28. The highest BCUT2D eigenvalue weighted by Gasteiger charge is 2.06. The average Bonchev–Trinajstić information content (AvgIpc) is 2.62. The summed E-state index contributed by atoms with van der Waals surface area (Å²) in [7, 11) is 0. The van der Waals surface area contributed by atoms with Crippen LogP contribution in [0, 0.1) is 0 Å². The van der Waals surface area contributed by atoms with Crippen LogP contribution in [0.4, 0.5) is 5.69 Å². The highest BCUT2D eigenvalue weighted by Crippen LogP contribution is 2.25. The minimum Gasteiger partial charge on any atom is -0.398 e. The fourth-order valence-corrected chi connectivity index (χ4v) is 1.79. The van der Waals surface area contributed by atoms with Gasteiger partial charge in [0.25, 0.3) is 0 Å². The van der Waals surface area contributed by atoms with E-state index >= 15 is 0 Å². The molecule has 0 amide bonds. The molecule has 0 bridgehead atoms. The predicted octanol–water partition coefficient (Wildman–Crippen LogP) is 3.19. The summed E-state index contributed by atoms with van der Waals surface area (Å²) in [6.45, 7) is 4.42. The van der Waals surface area contributed by atoms with Crippen LogP contribution in [0.2, 0.25) is 0 Å². The molecule has 0 saturated carbocycles. The fourth-order valence-electron chi connectivity index (χ4n) is 1.79. The summed E-state index contributed by atoms with van der Waals surface area (Å²) in [6.07, 6.45) is 3.26. The Morgan fingerprint density at radius 1 is 1.36 bits per heavy atom. The van der Waals surface area contributed by atoms with E-state index < -0.39 is 0 Å². The number of anilines is 1. The van der Waals surface area contributed by atoms with Crippen LogP contribution in [0.15, 0.2) is 30.5 Å². The van der Waals surface area contributed by atoms with Gasteiger partial charge in [-0.15, -0.1) is 0 Å². The molecule has 1 atom stereocenters. The summed E-state index contributed by atoms with van der Waals surface area (Å²) in [6, 6.07) is 8.71. The SMILES string of the molecule is CCC(C)n1ccc2c(N)cccc21. The zero-order chi connectivity index (χ0) is 10.1. The van der Waals surface area contributed by atoms with Gasteiger partial charge in [0.1, 0.15) is 0 Å². The molecule has 2 N–H and O–H groups in total. The van der Waals surface area contributed by atoms with E-state index in [9.17, 15) is 0 Å². The molecular weight excluding hydrogens is 172 g/mol. The Labute approximate surface area is 84.3 Å². The number of rotatable bonds is 2. The molecule has 0 aliphatic heterocycles. The molecule has 2 rings (SSSR count). The molecule has 0 saturated heterocycles. The third-order valence-corrected chi connectivity index (χ3v) is 2.86. The van der Waals surface area contributed by atoms with Crippen LogP contribution in [0.1, 0.15) is 26.3 Å². The van der Waals surface area contributed by atoms with Gasteiger partial charge in [0.05, 0.1) is 5.52 Å². The topological polar surface area (TPSA) is 30.9 Å². The van der Waals surface area contributed by atoms with Gasteiger partial charge in [0, 0.05) is 23.3 Å². The zero-order valence-electron chi connectivity index (χ0n) is 8.70. The molecule has 0 fully saturated rings. The van der Waals surface area contributed by atoms with E-state index in [1.165, 1.54) is 5.52 Å². The number of benzene rings is 1. The van der Waals surface area contributed by atoms with Crippen molar-refractivity contribution < 1.29 is 0 Å². The van der Waals surface area contributed by atoms with Crippen LogP contribution in [0.3, 0.4) is 0 Å². The molecule has 0 aliphatic carbocycles. The third kappa shape index (κ3) is 1.27. The largest absolute Gasteiger partial charge is 0.398 e. The lowest BCUT2D eigenvalue weighted by molar-refractivity contribution is 0.548. The van der Waals surface area contributed by atoms with Crippen molar-refractivity contribution in [3.05, 3.63) is 30.5 Å². The van der Waals surface area contributed by atoms with Gasteiger partial charge in [-0.2, -0.15) is 0 Å². The molecule has 1 unspecified atom stereocenters. The van der Waals surface area contributed by atoms with Crippen molar-refractivity contribution in [3.8, 4) is 0 Å². The standard InChI is InChI=1S/C12H16N2/c1-3-9(2)14-8-7-10-11(13)5-4-6-12(10)14/h4-9H,3,13H2,1-2H3. The van der Waals surface area contributed by atoms with Crippen molar-refractivity contribution in [3.63, 3.8) is 0 Å². The molecule has 1 heterocycles. The van der Waals surface area contributed by atoms with Gasteiger partial charge < -0.3 is 10.3 Å². The molecule has 2 heteroatoms. The first-order valence-electron chi connectivity index (χ1n) is 5.09. The Morgan fingerprint density at radius 3 is 2.86 bits per heavy atom. The molecule has 0 radical (unpaired) electrons. The molecule has 1 aromatic heterocycles. The number of hydrogen-bond donors (Lipinski definition) is 1. The van der Waals surface area contributed by atoms with Gasteiger partial charge in [0.2, 0.25) is 0 Å². The van der Waals surface area contributed by atoms with E-state index in [0.29, 0.717) is 6.04 Å². The number of fused-ring (bicyclic) bond motifs is 1. The van der Waals surface area contributed by atoms with Crippen molar-refractivity contribution in [2.24, 2.45) is 0 Å². The van der Waals surface area contributed by atoms with Crippen LogP contribution >= 0.6 is 0 Å². The van der Waals surface area contributed by atoms with Gasteiger partial charge >= 0.3 is 0 Å². The van der Waals surface area contributed by atoms with Gasteiger partial charge in [-0.05, 0) is 31.5 Å². The molecule has 2 aromatic rings. The number of nitrogen functional groups attached to an aromatic ring is 1. The second-order valence-electron chi connectivity index (χ2n) is 3.76. The van der Waals surface area contributed by atoms with E-state index in [1.54, 1.807) is 0 Å². The maximum Gasteiger partial charge on any atom is 0.0503 e. The van der Waals surface area contributed by atoms with E-state index in [-0.39, 0.29) is 0 Å². The van der Waals surface area contributed by atoms with Crippen LogP contribution < -0.4 is 5.73 Å². The average molecular weight is 188 g/mol. The van der Waals surface area contributed by atoms with Crippen LogP contribution in [-0.4, -0.2) is 4.57 Å². The number of nitrogens with two attached hydrogens (primary N) is 1. The molecular formula is C12H16N2. The van der Waals surface area contributed by atoms with Crippen molar-refractivity contribution in [1.82, 2.24) is 4.57 Å². The lowest BCUT2D eigenvalue weighted by Gasteiger charge is -2.12. The Balaban J connectivity index is 2.63. The Bertz CT molecular complexity index is 443.